The summed E-state index contributed by atoms with van der Waals surface area (Å²) in [4.78, 5) is 26.1. The molecule has 0 radical (unpaired) electrons. The third-order valence-corrected chi connectivity index (χ3v) is 6.41. The lowest BCUT2D eigenvalue weighted by atomic mass is 9.98. The maximum absolute atomic E-state index is 13.0. The predicted molar refractivity (Wildman–Crippen MR) is 138 cm³/mol. The van der Waals surface area contributed by atoms with Gasteiger partial charge in [0.2, 0.25) is 0 Å². The van der Waals surface area contributed by atoms with Gasteiger partial charge in [-0.1, -0.05) is 85.3 Å². The van der Waals surface area contributed by atoms with Gasteiger partial charge in [-0.15, -0.1) is 0 Å². The molecule has 5 heteroatoms. The van der Waals surface area contributed by atoms with Crippen LogP contribution >= 0.6 is 0 Å². The lowest BCUT2D eigenvalue weighted by molar-refractivity contribution is -0.163. The van der Waals surface area contributed by atoms with Crippen LogP contribution in [0.15, 0.2) is 24.3 Å². The molecule has 0 aromatic heterocycles. The average Bonchev–Trinajstić information content (AvgIpc) is 2.86. The van der Waals surface area contributed by atoms with Gasteiger partial charge in [0.05, 0.1) is 19.8 Å². The van der Waals surface area contributed by atoms with Crippen LogP contribution in [0.4, 0.5) is 0 Å². The summed E-state index contributed by atoms with van der Waals surface area (Å²) >= 11 is 0. The van der Waals surface area contributed by atoms with E-state index in [1.165, 1.54) is 0 Å². The van der Waals surface area contributed by atoms with Gasteiger partial charge in [-0.3, -0.25) is 9.59 Å². The summed E-state index contributed by atoms with van der Waals surface area (Å²) in [6, 6.07) is 7.58. The smallest absolute Gasteiger partial charge is 0.320 e. The first-order valence-electron chi connectivity index (χ1n) is 13.5. The predicted octanol–water partition coefficient (Wildman–Crippen LogP) is 7.15. The van der Waals surface area contributed by atoms with E-state index in [1.54, 1.807) is 0 Å². The number of ether oxygens (including phenoxy) is 3. The van der Waals surface area contributed by atoms with E-state index >= 15 is 0 Å². The Morgan fingerprint density at radius 3 is 1.65 bits per heavy atom. The summed E-state index contributed by atoms with van der Waals surface area (Å²) < 4.78 is 17.0. The van der Waals surface area contributed by atoms with E-state index in [-0.39, 0.29) is 6.42 Å². The van der Waals surface area contributed by atoms with Gasteiger partial charge < -0.3 is 14.2 Å². The lowest BCUT2D eigenvalue weighted by Gasteiger charge is -2.20. The quantitative estimate of drug-likeness (QED) is 0.157. The Labute approximate surface area is 207 Å². The van der Waals surface area contributed by atoms with E-state index in [1.807, 2.05) is 24.3 Å². The number of carbonyl (C=O) groups is 2. The van der Waals surface area contributed by atoms with Crippen molar-refractivity contribution in [2.75, 3.05) is 19.8 Å². The van der Waals surface area contributed by atoms with Crippen LogP contribution in [-0.4, -0.2) is 31.8 Å². The third kappa shape index (κ3) is 11.9. The molecule has 0 aliphatic rings. The van der Waals surface area contributed by atoms with Gasteiger partial charge in [-0.05, 0) is 55.2 Å². The zero-order valence-electron chi connectivity index (χ0n) is 22.3. The molecule has 0 saturated carbocycles. The second kappa shape index (κ2) is 18.3. The molecule has 0 aliphatic heterocycles. The highest BCUT2D eigenvalue weighted by Gasteiger charge is 2.31. The number of hydrogen-bond acceptors (Lipinski definition) is 5. The summed E-state index contributed by atoms with van der Waals surface area (Å²) in [5, 5.41) is 0. The van der Waals surface area contributed by atoms with Crippen molar-refractivity contribution < 1.29 is 23.8 Å². The van der Waals surface area contributed by atoms with Crippen molar-refractivity contribution in [2.24, 2.45) is 17.8 Å². The highest BCUT2D eigenvalue weighted by Crippen LogP contribution is 2.20. The Kier molecular flexibility index (Phi) is 16.1. The van der Waals surface area contributed by atoms with Crippen LogP contribution in [0.2, 0.25) is 0 Å². The fourth-order valence-electron chi connectivity index (χ4n) is 3.84. The topological polar surface area (TPSA) is 61.8 Å². The van der Waals surface area contributed by atoms with E-state index in [0.717, 1.165) is 69.1 Å². The van der Waals surface area contributed by atoms with Crippen molar-refractivity contribution in [1.82, 2.24) is 0 Å². The molecule has 0 aliphatic carbocycles. The summed E-state index contributed by atoms with van der Waals surface area (Å²) in [7, 11) is 0. The van der Waals surface area contributed by atoms with Crippen molar-refractivity contribution in [3.63, 3.8) is 0 Å². The van der Waals surface area contributed by atoms with Gasteiger partial charge in [-0.2, -0.15) is 0 Å². The zero-order valence-corrected chi connectivity index (χ0v) is 22.3. The maximum atomic E-state index is 13.0. The Hall–Kier alpha value is -2.04. The highest BCUT2D eigenvalue weighted by atomic mass is 16.6. The molecule has 2 unspecified atom stereocenters. The van der Waals surface area contributed by atoms with Gasteiger partial charge in [0.1, 0.15) is 5.75 Å². The number of carbonyl (C=O) groups excluding carboxylic acids is 2. The van der Waals surface area contributed by atoms with Crippen LogP contribution in [-0.2, 0) is 25.5 Å². The second-order valence-electron chi connectivity index (χ2n) is 9.34. The molecule has 34 heavy (non-hydrogen) atoms. The van der Waals surface area contributed by atoms with Crippen LogP contribution in [0.3, 0.4) is 0 Å². The molecule has 0 spiro atoms. The summed E-state index contributed by atoms with van der Waals surface area (Å²) in [5.74, 6) is -0.464. The van der Waals surface area contributed by atoms with Crippen LogP contribution in [0.25, 0.3) is 0 Å². The molecular formula is C29H48O5. The molecule has 0 fully saturated rings. The molecule has 0 saturated heterocycles. The first-order chi connectivity index (χ1) is 16.5. The van der Waals surface area contributed by atoms with Crippen molar-refractivity contribution in [1.29, 1.82) is 0 Å². The summed E-state index contributed by atoms with van der Waals surface area (Å²) in [5.41, 5.74) is 0.888. The molecular weight excluding hydrogens is 428 g/mol. The van der Waals surface area contributed by atoms with Gasteiger partial charge >= 0.3 is 11.9 Å². The largest absolute Gasteiger partial charge is 0.494 e. The molecule has 1 aromatic rings. The van der Waals surface area contributed by atoms with Crippen LogP contribution in [0, 0.1) is 17.8 Å². The molecule has 1 rings (SSSR count). The number of esters is 2. The van der Waals surface area contributed by atoms with Crippen molar-refractivity contribution in [3.05, 3.63) is 29.8 Å². The molecule has 0 bridgehead atoms. The SMILES string of the molecule is CCCCC(CC)COC(=O)C(Cc1ccc(OCCC)cc1)C(=O)OCC(CC)CCCC. The summed E-state index contributed by atoms with van der Waals surface area (Å²) in [6.45, 7) is 12.0. The Balaban J connectivity index is 2.85. The van der Waals surface area contributed by atoms with E-state index in [0.29, 0.717) is 31.7 Å². The molecule has 0 N–H and O–H groups in total. The number of rotatable bonds is 19. The first kappa shape index (κ1) is 30.0. The van der Waals surface area contributed by atoms with Crippen LogP contribution < -0.4 is 4.74 Å². The minimum atomic E-state index is -0.949. The Bertz CT molecular complexity index is 638. The molecule has 0 heterocycles. The second-order valence-corrected chi connectivity index (χ2v) is 9.34. The monoisotopic (exact) mass is 476 g/mol. The minimum absolute atomic E-state index is 0.267. The molecule has 1 aromatic carbocycles. The standard InChI is InChI=1S/C29H48O5/c1-6-11-13-23(9-4)21-33-28(30)27(29(31)34-22-24(10-5)14-12-7-2)20-25-15-17-26(18-16-25)32-19-8-3/h15-18,23-24,27H,6-14,19-22H2,1-5H3. The first-order valence-corrected chi connectivity index (χ1v) is 13.5. The molecule has 2 atom stereocenters. The number of hydrogen-bond donors (Lipinski definition) is 0. The normalized spacial score (nSPS) is 13.7. The van der Waals surface area contributed by atoms with Crippen LogP contribution in [0.1, 0.15) is 98.0 Å². The van der Waals surface area contributed by atoms with E-state index in [4.69, 9.17) is 14.2 Å². The molecule has 0 amide bonds. The van der Waals surface area contributed by atoms with Gasteiger partial charge in [0.25, 0.3) is 0 Å². The van der Waals surface area contributed by atoms with Gasteiger partial charge in [0.15, 0.2) is 5.92 Å². The molecule has 194 valence electrons. The number of benzene rings is 1. The molecule has 5 nitrogen and oxygen atoms in total. The number of unbranched alkanes of at least 4 members (excludes halogenated alkanes) is 2. The van der Waals surface area contributed by atoms with Crippen LogP contribution in [0.5, 0.6) is 5.75 Å². The highest BCUT2D eigenvalue weighted by molar-refractivity contribution is 5.95. The lowest BCUT2D eigenvalue weighted by Crippen LogP contribution is -2.32. The maximum Gasteiger partial charge on any atom is 0.320 e. The van der Waals surface area contributed by atoms with Crippen molar-refractivity contribution in [2.45, 2.75) is 98.8 Å². The fraction of sp³-hybridized carbons (Fsp3) is 0.724. The Morgan fingerprint density at radius 2 is 1.24 bits per heavy atom. The average molecular weight is 477 g/mol. The Morgan fingerprint density at radius 1 is 0.735 bits per heavy atom. The van der Waals surface area contributed by atoms with E-state index in [9.17, 15) is 9.59 Å². The minimum Gasteiger partial charge on any atom is -0.494 e. The summed E-state index contributed by atoms with van der Waals surface area (Å²) in [6.07, 6.45) is 9.65. The fourth-order valence-corrected chi connectivity index (χ4v) is 3.84. The third-order valence-electron chi connectivity index (χ3n) is 6.41. The van der Waals surface area contributed by atoms with Crippen molar-refractivity contribution >= 4 is 11.9 Å². The van der Waals surface area contributed by atoms with E-state index in [2.05, 4.69) is 34.6 Å². The zero-order chi connectivity index (χ0) is 25.2. The van der Waals surface area contributed by atoms with Gasteiger partial charge in [-0.25, -0.2) is 0 Å². The van der Waals surface area contributed by atoms with Crippen molar-refractivity contribution in [3.8, 4) is 5.75 Å². The van der Waals surface area contributed by atoms with E-state index < -0.39 is 17.9 Å². The van der Waals surface area contributed by atoms with Gasteiger partial charge in [0, 0.05) is 0 Å².